The van der Waals surface area contributed by atoms with Gasteiger partial charge in [0.1, 0.15) is 16.4 Å². The summed E-state index contributed by atoms with van der Waals surface area (Å²) in [6.45, 7) is 2.11. The summed E-state index contributed by atoms with van der Waals surface area (Å²) in [5.41, 5.74) is 5.82. The predicted molar refractivity (Wildman–Crippen MR) is 107 cm³/mol. The Labute approximate surface area is 165 Å². The van der Waals surface area contributed by atoms with Crippen molar-refractivity contribution in [3.05, 3.63) is 46.8 Å². The third-order valence-corrected chi connectivity index (χ3v) is 7.06. The van der Waals surface area contributed by atoms with Gasteiger partial charge in [0.25, 0.3) is 0 Å². The van der Waals surface area contributed by atoms with Gasteiger partial charge in [0.05, 0.1) is 6.61 Å². The molecule has 6 nitrogen and oxygen atoms in total. The Balaban J connectivity index is 1.59. The molecule has 1 N–H and O–H groups in total. The van der Waals surface area contributed by atoms with Crippen LogP contribution in [0.2, 0.25) is 0 Å². The van der Waals surface area contributed by atoms with Crippen LogP contribution in [-0.2, 0) is 40.3 Å². The smallest absolute Gasteiger partial charge is 0.239 e. The molecule has 0 spiro atoms. The van der Waals surface area contributed by atoms with E-state index in [9.17, 15) is 13.2 Å². The number of amides is 1. The van der Waals surface area contributed by atoms with Crippen molar-refractivity contribution in [3.63, 3.8) is 0 Å². The minimum absolute atomic E-state index is 0.0458. The van der Waals surface area contributed by atoms with Crippen LogP contribution in [0.25, 0.3) is 0 Å². The van der Waals surface area contributed by atoms with Crippen molar-refractivity contribution in [2.45, 2.75) is 50.3 Å². The summed E-state index contributed by atoms with van der Waals surface area (Å²) >= 11 is 0. The maximum atomic E-state index is 12.8. The fourth-order valence-corrected chi connectivity index (χ4v) is 5.50. The van der Waals surface area contributed by atoms with Gasteiger partial charge in [-0.15, -0.1) is 0 Å². The number of carbonyl (C=O) groups excluding carboxylic acids is 1. The number of anilines is 1. The summed E-state index contributed by atoms with van der Waals surface area (Å²) in [5, 5.41) is 2.94. The van der Waals surface area contributed by atoms with Crippen molar-refractivity contribution in [1.82, 2.24) is 4.98 Å². The Hall–Kier alpha value is -2.41. The van der Waals surface area contributed by atoms with Crippen molar-refractivity contribution >= 4 is 21.4 Å². The van der Waals surface area contributed by atoms with E-state index in [1.165, 1.54) is 40.7 Å². The third kappa shape index (κ3) is 3.51. The first-order valence-electron chi connectivity index (χ1n) is 9.75. The summed E-state index contributed by atoms with van der Waals surface area (Å²) < 4.78 is 31.0. The highest BCUT2D eigenvalue weighted by atomic mass is 32.2. The van der Waals surface area contributed by atoms with Gasteiger partial charge in [-0.3, -0.25) is 9.78 Å². The highest BCUT2D eigenvalue weighted by molar-refractivity contribution is 7.92. The molecule has 2 aromatic rings. The second-order valence-electron chi connectivity index (χ2n) is 7.30. The summed E-state index contributed by atoms with van der Waals surface area (Å²) in [6.07, 6.45) is 8.78. The van der Waals surface area contributed by atoms with Crippen LogP contribution in [0, 0.1) is 0 Å². The fourth-order valence-electron chi connectivity index (χ4n) is 4.27. The number of ether oxygens (including phenoxy) is 1. The van der Waals surface area contributed by atoms with Crippen molar-refractivity contribution in [3.8, 4) is 5.75 Å². The lowest BCUT2D eigenvalue weighted by molar-refractivity contribution is -0.113. The number of aryl methyl sites for hydroxylation is 2. The Morgan fingerprint density at radius 2 is 1.82 bits per heavy atom. The molecule has 7 heteroatoms. The number of pyridine rings is 1. The zero-order valence-electron chi connectivity index (χ0n) is 16.0. The normalized spacial score (nSPS) is 15.2. The monoisotopic (exact) mass is 400 g/mol. The Morgan fingerprint density at radius 1 is 1.14 bits per heavy atom. The minimum Gasteiger partial charge on any atom is -0.492 e. The van der Waals surface area contributed by atoms with Gasteiger partial charge in [0.2, 0.25) is 5.91 Å². The first-order chi connectivity index (χ1) is 13.5. The number of hydrogen-bond acceptors (Lipinski definition) is 5. The molecular formula is C21H24N2O4S. The average molecular weight is 401 g/mol. The van der Waals surface area contributed by atoms with Crippen molar-refractivity contribution in [1.29, 1.82) is 0 Å². The summed E-state index contributed by atoms with van der Waals surface area (Å²) in [5.74, 6) is -0.912. The average Bonchev–Trinajstić information content (AvgIpc) is 3.30. The molecule has 0 atom stereocenters. The number of fused-ring (bicyclic) bond motifs is 2. The molecule has 0 saturated carbocycles. The quantitative estimate of drug-likeness (QED) is 0.806. The lowest BCUT2D eigenvalue weighted by Gasteiger charge is -2.16. The predicted octanol–water partition coefficient (Wildman–Crippen LogP) is 2.87. The van der Waals surface area contributed by atoms with Gasteiger partial charge in [-0.2, -0.15) is 0 Å². The molecular weight excluding hydrogens is 376 g/mol. The van der Waals surface area contributed by atoms with E-state index in [-0.39, 0.29) is 10.6 Å². The molecule has 28 heavy (non-hydrogen) atoms. The van der Waals surface area contributed by atoms with E-state index >= 15 is 0 Å². The second kappa shape index (κ2) is 7.54. The van der Waals surface area contributed by atoms with Gasteiger partial charge in [-0.25, -0.2) is 8.42 Å². The van der Waals surface area contributed by atoms with Crippen molar-refractivity contribution in [2.24, 2.45) is 0 Å². The van der Waals surface area contributed by atoms with Crippen LogP contribution in [0.3, 0.4) is 0 Å². The molecule has 0 aliphatic heterocycles. The summed E-state index contributed by atoms with van der Waals surface area (Å²) in [4.78, 5) is 16.6. The molecule has 148 valence electrons. The Kier molecular flexibility index (Phi) is 5.10. The molecule has 0 radical (unpaired) electrons. The standard InChI is InChI=1S/C21H24N2O4S/c1-2-27-18-9-10-22-12-19(18)28(25,26)13-20(24)23-21-16-7-3-5-14(16)11-15-6-4-8-17(15)21/h9-12H,2-8,13H2,1H3,(H,23,24). The van der Waals surface area contributed by atoms with Gasteiger partial charge >= 0.3 is 0 Å². The summed E-state index contributed by atoms with van der Waals surface area (Å²) in [6, 6.07) is 3.78. The highest BCUT2D eigenvalue weighted by Crippen LogP contribution is 2.38. The maximum absolute atomic E-state index is 12.8. The molecule has 0 unspecified atom stereocenters. The van der Waals surface area contributed by atoms with E-state index < -0.39 is 21.5 Å². The lowest BCUT2D eigenvalue weighted by Crippen LogP contribution is -2.24. The van der Waals surface area contributed by atoms with Crippen LogP contribution in [-0.4, -0.2) is 31.7 Å². The van der Waals surface area contributed by atoms with E-state index in [2.05, 4.69) is 16.4 Å². The molecule has 0 bridgehead atoms. The van der Waals surface area contributed by atoms with E-state index in [1.54, 1.807) is 6.92 Å². The second-order valence-corrected chi connectivity index (χ2v) is 9.25. The zero-order chi connectivity index (χ0) is 19.7. The third-order valence-electron chi connectivity index (χ3n) is 5.44. The number of nitrogens with one attached hydrogen (secondary N) is 1. The zero-order valence-corrected chi connectivity index (χ0v) is 16.8. The van der Waals surface area contributed by atoms with Crippen LogP contribution in [0.5, 0.6) is 5.75 Å². The van der Waals surface area contributed by atoms with Crippen LogP contribution in [0.15, 0.2) is 29.4 Å². The maximum Gasteiger partial charge on any atom is 0.239 e. The van der Waals surface area contributed by atoms with Crippen molar-refractivity contribution < 1.29 is 17.9 Å². The van der Waals surface area contributed by atoms with E-state index in [0.29, 0.717) is 6.61 Å². The van der Waals surface area contributed by atoms with Gasteiger partial charge in [-0.05, 0) is 73.8 Å². The summed E-state index contributed by atoms with van der Waals surface area (Å²) in [7, 11) is -3.86. The highest BCUT2D eigenvalue weighted by Gasteiger charge is 2.28. The molecule has 0 fully saturated rings. The molecule has 2 aliphatic carbocycles. The van der Waals surface area contributed by atoms with E-state index in [4.69, 9.17) is 4.74 Å². The SMILES string of the molecule is CCOc1ccncc1S(=O)(=O)CC(=O)Nc1c2c(cc3c1CCC3)CCC2. The van der Waals surface area contributed by atoms with E-state index in [0.717, 1.165) is 44.2 Å². The number of hydrogen-bond donors (Lipinski definition) is 1. The van der Waals surface area contributed by atoms with Gasteiger partial charge < -0.3 is 10.1 Å². The minimum atomic E-state index is -3.86. The first kappa shape index (κ1) is 18.9. The Morgan fingerprint density at radius 3 is 2.46 bits per heavy atom. The van der Waals surface area contributed by atoms with Crippen LogP contribution >= 0.6 is 0 Å². The van der Waals surface area contributed by atoms with Gasteiger partial charge in [0, 0.05) is 18.1 Å². The number of aromatic nitrogens is 1. The molecule has 4 rings (SSSR count). The fraction of sp³-hybridized carbons (Fsp3) is 0.429. The van der Waals surface area contributed by atoms with Gasteiger partial charge in [0.15, 0.2) is 9.84 Å². The molecule has 1 aromatic heterocycles. The van der Waals surface area contributed by atoms with E-state index in [1.807, 2.05) is 0 Å². The molecule has 2 aliphatic rings. The topological polar surface area (TPSA) is 85.4 Å². The number of sulfone groups is 1. The van der Waals surface area contributed by atoms with Crippen molar-refractivity contribution in [2.75, 3.05) is 17.7 Å². The molecule has 1 aromatic carbocycles. The van der Waals surface area contributed by atoms with Crippen LogP contribution < -0.4 is 10.1 Å². The Bertz CT molecular complexity index is 999. The number of nitrogens with zero attached hydrogens (tertiary/aromatic N) is 1. The molecule has 0 saturated heterocycles. The lowest BCUT2D eigenvalue weighted by atomic mass is 9.98. The van der Waals surface area contributed by atoms with Crippen LogP contribution in [0.4, 0.5) is 5.69 Å². The first-order valence-corrected chi connectivity index (χ1v) is 11.4. The van der Waals surface area contributed by atoms with Crippen LogP contribution in [0.1, 0.15) is 42.0 Å². The molecule has 1 heterocycles. The largest absolute Gasteiger partial charge is 0.492 e. The number of benzene rings is 1. The number of rotatable bonds is 6. The van der Waals surface area contributed by atoms with Gasteiger partial charge in [-0.1, -0.05) is 6.07 Å². The molecule has 1 amide bonds. The number of carbonyl (C=O) groups is 1.